The van der Waals surface area contributed by atoms with Crippen molar-refractivity contribution in [3.63, 3.8) is 0 Å². The molecule has 0 unspecified atom stereocenters. The molecule has 0 radical (unpaired) electrons. The minimum Gasteiger partial charge on any atom is -0.467 e. The summed E-state index contributed by atoms with van der Waals surface area (Å²) in [5.74, 6) is -0.142. The Labute approximate surface area is 210 Å². The molecule has 0 bridgehead atoms. The SMILES string of the molecule is CCOC(=O)c1c(NC(=O)CSc2nc3ccccc3c(=O)n2Cc2ccco2)sc(C)c1CC. The fraction of sp³-hybridized carbons (Fsp3) is 0.280. The smallest absolute Gasteiger partial charge is 0.341 e. The molecule has 0 aliphatic carbocycles. The molecule has 10 heteroatoms. The number of aryl methyl sites for hydroxylation is 1. The van der Waals surface area contributed by atoms with Crippen molar-refractivity contribution in [3.05, 3.63) is 74.8 Å². The van der Waals surface area contributed by atoms with Crippen LogP contribution in [0.15, 0.2) is 57.0 Å². The van der Waals surface area contributed by atoms with Crippen molar-refractivity contribution in [1.82, 2.24) is 9.55 Å². The quantitative estimate of drug-likeness (QED) is 0.194. The molecule has 0 atom stereocenters. The Hall–Kier alpha value is -3.37. The lowest BCUT2D eigenvalue weighted by Gasteiger charge is -2.12. The molecule has 1 aromatic carbocycles. The molecule has 0 aliphatic heterocycles. The van der Waals surface area contributed by atoms with Gasteiger partial charge in [0.1, 0.15) is 10.8 Å². The molecular formula is C25H25N3O5S2. The van der Waals surface area contributed by atoms with Gasteiger partial charge in [-0.25, -0.2) is 9.78 Å². The van der Waals surface area contributed by atoms with Crippen LogP contribution in [0.1, 0.15) is 40.4 Å². The second-order valence-electron chi connectivity index (χ2n) is 7.63. The Kier molecular flexibility index (Phi) is 7.72. The average Bonchev–Trinajstić information content (AvgIpc) is 3.47. The standard InChI is InChI=1S/C25H25N3O5S2/c1-4-17-15(3)35-22(21(17)24(31)32-5-2)27-20(29)14-34-25-26-19-11-7-6-10-18(19)23(30)28(25)13-16-9-8-12-33-16/h6-12H,4-5,13-14H2,1-3H3,(H,27,29). The number of amides is 1. The van der Waals surface area contributed by atoms with E-state index in [1.54, 1.807) is 43.5 Å². The zero-order valence-corrected chi connectivity index (χ0v) is 21.3. The number of nitrogens with zero attached hydrogens (tertiary/aromatic N) is 2. The number of rotatable bonds is 9. The number of hydrogen-bond acceptors (Lipinski definition) is 8. The highest BCUT2D eigenvalue weighted by molar-refractivity contribution is 7.99. The zero-order chi connectivity index (χ0) is 24.9. The second-order valence-corrected chi connectivity index (χ2v) is 9.80. The van der Waals surface area contributed by atoms with E-state index in [2.05, 4.69) is 10.3 Å². The third kappa shape index (κ3) is 5.33. The van der Waals surface area contributed by atoms with Gasteiger partial charge in [-0.05, 0) is 50.1 Å². The third-order valence-electron chi connectivity index (χ3n) is 5.35. The molecule has 8 nitrogen and oxygen atoms in total. The van der Waals surface area contributed by atoms with E-state index in [9.17, 15) is 14.4 Å². The van der Waals surface area contributed by atoms with Gasteiger partial charge in [-0.2, -0.15) is 0 Å². The largest absolute Gasteiger partial charge is 0.467 e. The van der Waals surface area contributed by atoms with Crippen molar-refractivity contribution in [2.75, 3.05) is 17.7 Å². The summed E-state index contributed by atoms with van der Waals surface area (Å²) < 4.78 is 12.1. The number of thiophene rings is 1. The number of carbonyl (C=O) groups is 2. The zero-order valence-electron chi connectivity index (χ0n) is 19.6. The van der Waals surface area contributed by atoms with Crippen molar-refractivity contribution in [3.8, 4) is 0 Å². The molecule has 4 rings (SSSR count). The van der Waals surface area contributed by atoms with Crippen LogP contribution in [0.5, 0.6) is 0 Å². The van der Waals surface area contributed by atoms with E-state index in [0.717, 1.165) is 22.2 Å². The Morgan fingerprint density at radius 2 is 2.00 bits per heavy atom. The van der Waals surface area contributed by atoms with Crippen LogP contribution in [0.2, 0.25) is 0 Å². The van der Waals surface area contributed by atoms with Crippen LogP contribution in [-0.4, -0.2) is 33.8 Å². The Bertz CT molecular complexity index is 1420. The molecule has 3 heterocycles. The number of thioether (sulfide) groups is 1. The summed E-state index contributed by atoms with van der Waals surface area (Å²) in [6, 6.07) is 10.6. The first-order valence-corrected chi connectivity index (χ1v) is 13.0. The van der Waals surface area contributed by atoms with Crippen molar-refractivity contribution >= 4 is 50.9 Å². The Morgan fingerprint density at radius 3 is 2.71 bits per heavy atom. The van der Waals surface area contributed by atoms with Gasteiger partial charge >= 0.3 is 5.97 Å². The number of esters is 1. The van der Waals surface area contributed by atoms with Crippen molar-refractivity contribution < 1.29 is 18.7 Å². The van der Waals surface area contributed by atoms with Crippen LogP contribution >= 0.6 is 23.1 Å². The average molecular weight is 512 g/mol. The molecular weight excluding hydrogens is 486 g/mol. The van der Waals surface area contributed by atoms with E-state index in [1.807, 2.05) is 19.9 Å². The molecule has 0 saturated carbocycles. The summed E-state index contributed by atoms with van der Waals surface area (Å²) in [7, 11) is 0. The maximum Gasteiger partial charge on any atom is 0.341 e. The molecule has 1 N–H and O–H groups in total. The van der Waals surface area contributed by atoms with Gasteiger partial charge in [0.05, 0.1) is 41.6 Å². The lowest BCUT2D eigenvalue weighted by atomic mass is 10.1. The Balaban J connectivity index is 1.59. The van der Waals surface area contributed by atoms with E-state index in [0.29, 0.717) is 38.8 Å². The lowest BCUT2D eigenvalue weighted by Crippen LogP contribution is -2.24. The highest BCUT2D eigenvalue weighted by Crippen LogP contribution is 2.34. The number of furan rings is 1. The molecule has 0 aliphatic rings. The van der Waals surface area contributed by atoms with Gasteiger partial charge in [-0.3, -0.25) is 14.2 Å². The number of aromatic nitrogens is 2. The van der Waals surface area contributed by atoms with Crippen LogP contribution in [0.3, 0.4) is 0 Å². The van der Waals surface area contributed by atoms with Gasteiger partial charge in [-0.1, -0.05) is 30.8 Å². The maximum absolute atomic E-state index is 13.2. The number of benzene rings is 1. The Morgan fingerprint density at radius 1 is 1.20 bits per heavy atom. The number of para-hydroxylation sites is 1. The maximum atomic E-state index is 13.2. The van der Waals surface area contributed by atoms with E-state index < -0.39 is 5.97 Å². The van der Waals surface area contributed by atoms with Crippen LogP contribution in [-0.2, 0) is 22.5 Å². The highest BCUT2D eigenvalue weighted by atomic mass is 32.2. The predicted octanol–water partition coefficient (Wildman–Crippen LogP) is 4.88. The van der Waals surface area contributed by atoms with E-state index in [1.165, 1.54) is 15.9 Å². The first-order valence-electron chi connectivity index (χ1n) is 11.2. The van der Waals surface area contributed by atoms with E-state index >= 15 is 0 Å². The second kappa shape index (κ2) is 10.9. The van der Waals surface area contributed by atoms with Gasteiger partial charge in [-0.15, -0.1) is 11.3 Å². The van der Waals surface area contributed by atoms with Gasteiger partial charge in [0.2, 0.25) is 5.91 Å². The minimum absolute atomic E-state index is 0.00358. The van der Waals surface area contributed by atoms with Gasteiger partial charge in [0.15, 0.2) is 5.16 Å². The molecule has 35 heavy (non-hydrogen) atoms. The summed E-state index contributed by atoms with van der Waals surface area (Å²) in [6.07, 6.45) is 2.20. The van der Waals surface area contributed by atoms with E-state index in [-0.39, 0.29) is 30.4 Å². The molecule has 0 saturated heterocycles. The summed E-state index contributed by atoms with van der Waals surface area (Å²) in [4.78, 5) is 44.2. The van der Waals surface area contributed by atoms with Gasteiger partial charge in [0, 0.05) is 4.88 Å². The van der Waals surface area contributed by atoms with Crippen molar-refractivity contribution in [2.45, 2.75) is 38.9 Å². The summed E-state index contributed by atoms with van der Waals surface area (Å²) in [5.41, 5.74) is 1.64. The number of nitrogens with one attached hydrogen (secondary N) is 1. The number of anilines is 1. The van der Waals surface area contributed by atoms with Crippen LogP contribution in [0.4, 0.5) is 5.00 Å². The highest BCUT2D eigenvalue weighted by Gasteiger charge is 2.24. The fourth-order valence-corrected chi connectivity index (χ4v) is 5.71. The number of fused-ring (bicyclic) bond motifs is 1. The molecule has 182 valence electrons. The molecule has 0 spiro atoms. The van der Waals surface area contributed by atoms with Gasteiger partial charge < -0.3 is 14.5 Å². The van der Waals surface area contributed by atoms with Crippen LogP contribution in [0, 0.1) is 6.92 Å². The third-order valence-corrected chi connectivity index (χ3v) is 7.39. The van der Waals surface area contributed by atoms with Crippen LogP contribution in [0.25, 0.3) is 10.9 Å². The fourth-order valence-electron chi connectivity index (χ4n) is 3.76. The topological polar surface area (TPSA) is 103 Å². The first kappa shape index (κ1) is 24.7. The van der Waals surface area contributed by atoms with Crippen LogP contribution < -0.4 is 10.9 Å². The molecule has 0 fully saturated rings. The number of hydrogen-bond donors (Lipinski definition) is 1. The van der Waals surface area contributed by atoms with Gasteiger partial charge in [0.25, 0.3) is 5.56 Å². The minimum atomic E-state index is -0.444. The van der Waals surface area contributed by atoms with Crippen molar-refractivity contribution in [2.24, 2.45) is 0 Å². The molecule has 4 aromatic rings. The summed E-state index contributed by atoms with van der Waals surface area (Å²) in [5, 5.41) is 4.23. The first-order chi connectivity index (χ1) is 16.9. The molecule has 3 aromatic heterocycles. The normalized spacial score (nSPS) is 11.1. The monoisotopic (exact) mass is 511 g/mol. The lowest BCUT2D eigenvalue weighted by molar-refractivity contribution is -0.113. The summed E-state index contributed by atoms with van der Waals surface area (Å²) in [6.45, 7) is 6.08. The van der Waals surface area contributed by atoms with E-state index in [4.69, 9.17) is 9.15 Å². The number of ether oxygens (including phenoxy) is 1. The molecule has 1 amide bonds. The van der Waals surface area contributed by atoms with Crippen molar-refractivity contribution in [1.29, 1.82) is 0 Å². The summed E-state index contributed by atoms with van der Waals surface area (Å²) >= 11 is 2.51. The predicted molar refractivity (Wildman–Crippen MR) is 138 cm³/mol. The number of carbonyl (C=O) groups excluding carboxylic acids is 2.